The van der Waals surface area contributed by atoms with E-state index < -0.39 is 17.8 Å². The number of carboxylic acid groups (broad SMARTS) is 1. The molecule has 0 heterocycles. The van der Waals surface area contributed by atoms with Crippen molar-refractivity contribution in [1.82, 2.24) is 4.90 Å². The Morgan fingerprint density at radius 3 is 1.73 bits per heavy atom. The summed E-state index contributed by atoms with van der Waals surface area (Å²) in [7, 11) is 0. The number of hydrogen-bond donors (Lipinski definition) is 1. The Balaban J connectivity index is 1.84. The molecule has 0 saturated carbocycles. The quantitative estimate of drug-likeness (QED) is 0.805. The third-order valence-corrected chi connectivity index (χ3v) is 4.81. The summed E-state index contributed by atoms with van der Waals surface area (Å²) in [5, 5.41) is 9.51. The molecular weight excluding hydrogens is 326 g/mol. The lowest BCUT2D eigenvalue weighted by molar-refractivity contribution is -0.151. The highest BCUT2D eigenvalue weighted by atomic mass is 16.4. The van der Waals surface area contributed by atoms with Gasteiger partial charge in [0.2, 0.25) is 5.91 Å². The van der Waals surface area contributed by atoms with Gasteiger partial charge in [0.05, 0.1) is 11.8 Å². The lowest BCUT2D eigenvalue weighted by Crippen LogP contribution is -2.41. The highest BCUT2D eigenvalue weighted by Gasteiger charge is 2.36. The Morgan fingerprint density at radius 1 is 0.808 bits per heavy atom. The van der Waals surface area contributed by atoms with E-state index in [0.717, 1.165) is 11.1 Å². The van der Waals surface area contributed by atoms with Gasteiger partial charge in [-0.15, -0.1) is 0 Å². The molecule has 1 aliphatic rings. The summed E-state index contributed by atoms with van der Waals surface area (Å²) in [6.45, 7) is 0.947. The average molecular weight is 349 g/mol. The van der Waals surface area contributed by atoms with Gasteiger partial charge in [0.15, 0.2) is 0 Å². The van der Waals surface area contributed by atoms with Crippen LogP contribution in [0.1, 0.15) is 24.0 Å². The smallest absolute Gasteiger partial charge is 0.307 e. The molecule has 0 spiro atoms. The van der Waals surface area contributed by atoms with Gasteiger partial charge in [0, 0.05) is 13.1 Å². The Hall–Kier alpha value is -2.88. The van der Waals surface area contributed by atoms with Gasteiger partial charge >= 0.3 is 5.97 Å². The number of aliphatic carboxylic acids is 1. The molecule has 134 valence electrons. The normalized spacial score (nSPS) is 19.1. The van der Waals surface area contributed by atoms with Crippen LogP contribution in [0.4, 0.5) is 0 Å². The Labute approximate surface area is 153 Å². The van der Waals surface area contributed by atoms with Crippen molar-refractivity contribution in [1.29, 1.82) is 0 Å². The standard InChI is InChI=1S/C22H23NO3/c24-21(19-13-7-8-14-20(19)22(25)26)23(15-17-9-3-1-4-10-17)16-18-11-5-2-6-12-18/h1-12,19-20H,13-16H2,(H,25,26)/t19-,20-/m0/s1. The van der Waals surface area contributed by atoms with E-state index >= 15 is 0 Å². The second-order valence-corrected chi connectivity index (χ2v) is 6.66. The number of benzene rings is 2. The highest BCUT2D eigenvalue weighted by Crippen LogP contribution is 2.29. The SMILES string of the molecule is O=C(O)[C@H]1CC=CC[C@@H]1C(=O)N(Cc1ccccc1)Cc1ccccc1. The Bertz CT molecular complexity index is 729. The van der Waals surface area contributed by atoms with Gasteiger partial charge in [-0.3, -0.25) is 9.59 Å². The molecule has 0 unspecified atom stereocenters. The molecule has 0 radical (unpaired) electrons. The van der Waals surface area contributed by atoms with E-state index in [2.05, 4.69) is 0 Å². The molecule has 26 heavy (non-hydrogen) atoms. The van der Waals surface area contributed by atoms with E-state index in [-0.39, 0.29) is 5.91 Å². The number of allylic oxidation sites excluding steroid dienone is 2. The first-order valence-corrected chi connectivity index (χ1v) is 8.89. The Morgan fingerprint density at radius 2 is 1.27 bits per heavy atom. The largest absolute Gasteiger partial charge is 0.481 e. The van der Waals surface area contributed by atoms with E-state index in [9.17, 15) is 14.7 Å². The number of hydrogen-bond acceptors (Lipinski definition) is 2. The molecule has 2 atom stereocenters. The molecule has 2 aromatic rings. The van der Waals surface area contributed by atoms with Crippen molar-refractivity contribution in [2.45, 2.75) is 25.9 Å². The van der Waals surface area contributed by atoms with E-state index in [1.54, 1.807) is 4.90 Å². The van der Waals surface area contributed by atoms with Crippen molar-refractivity contribution in [2.75, 3.05) is 0 Å². The van der Waals surface area contributed by atoms with Crippen molar-refractivity contribution in [3.05, 3.63) is 83.9 Å². The van der Waals surface area contributed by atoms with Crippen molar-refractivity contribution in [3.8, 4) is 0 Å². The van der Waals surface area contributed by atoms with Crippen LogP contribution in [0.3, 0.4) is 0 Å². The molecule has 3 rings (SSSR count). The second kappa shape index (κ2) is 8.48. The van der Waals surface area contributed by atoms with Crippen LogP contribution in [-0.4, -0.2) is 21.9 Å². The number of amides is 1. The first-order chi connectivity index (χ1) is 12.6. The van der Waals surface area contributed by atoms with Crippen LogP contribution in [0, 0.1) is 11.8 Å². The fraction of sp³-hybridized carbons (Fsp3) is 0.273. The van der Waals surface area contributed by atoms with Gasteiger partial charge in [-0.1, -0.05) is 72.8 Å². The van der Waals surface area contributed by atoms with Crippen LogP contribution in [-0.2, 0) is 22.7 Å². The molecule has 1 N–H and O–H groups in total. The summed E-state index contributed by atoms with van der Waals surface area (Å²) < 4.78 is 0. The van der Waals surface area contributed by atoms with Gasteiger partial charge < -0.3 is 10.0 Å². The molecule has 2 aromatic carbocycles. The molecule has 1 amide bonds. The van der Waals surface area contributed by atoms with Gasteiger partial charge in [0.1, 0.15) is 0 Å². The van der Waals surface area contributed by atoms with E-state index in [1.165, 1.54) is 0 Å². The number of carbonyl (C=O) groups is 2. The molecule has 1 aliphatic carbocycles. The van der Waals surface area contributed by atoms with E-state index in [4.69, 9.17) is 0 Å². The van der Waals surface area contributed by atoms with Crippen LogP contribution >= 0.6 is 0 Å². The van der Waals surface area contributed by atoms with Crippen molar-refractivity contribution in [2.24, 2.45) is 11.8 Å². The minimum absolute atomic E-state index is 0.0885. The molecule has 0 bridgehead atoms. The van der Waals surface area contributed by atoms with Gasteiger partial charge in [-0.05, 0) is 24.0 Å². The first kappa shape index (κ1) is 17.9. The van der Waals surface area contributed by atoms with Crippen molar-refractivity contribution in [3.63, 3.8) is 0 Å². The third-order valence-electron chi connectivity index (χ3n) is 4.81. The fourth-order valence-electron chi connectivity index (χ4n) is 3.41. The lowest BCUT2D eigenvalue weighted by Gasteiger charge is -2.31. The predicted molar refractivity (Wildman–Crippen MR) is 100 cm³/mol. The first-order valence-electron chi connectivity index (χ1n) is 8.89. The molecule has 4 heteroatoms. The van der Waals surface area contributed by atoms with Gasteiger partial charge in [-0.2, -0.15) is 0 Å². The lowest BCUT2D eigenvalue weighted by atomic mass is 9.82. The minimum Gasteiger partial charge on any atom is -0.481 e. The maximum atomic E-state index is 13.3. The molecule has 0 saturated heterocycles. The maximum Gasteiger partial charge on any atom is 0.307 e. The van der Waals surface area contributed by atoms with Crippen LogP contribution in [0.2, 0.25) is 0 Å². The number of nitrogens with zero attached hydrogens (tertiary/aromatic N) is 1. The molecule has 0 aliphatic heterocycles. The fourth-order valence-corrected chi connectivity index (χ4v) is 3.41. The average Bonchev–Trinajstić information content (AvgIpc) is 2.68. The summed E-state index contributed by atoms with van der Waals surface area (Å²) in [5.41, 5.74) is 2.07. The zero-order valence-corrected chi connectivity index (χ0v) is 14.6. The zero-order valence-electron chi connectivity index (χ0n) is 14.6. The summed E-state index contributed by atoms with van der Waals surface area (Å²) in [4.78, 5) is 26.6. The highest BCUT2D eigenvalue weighted by molar-refractivity contribution is 5.85. The zero-order chi connectivity index (χ0) is 18.4. The number of rotatable bonds is 6. The molecule has 0 fully saturated rings. The third kappa shape index (κ3) is 4.39. The summed E-state index contributed by atoms with van der Waals surface area (Å²) >= 11 is 0. The topological polar surface area (TPSA) is 57.6 Å². The van der Waals surface area contributed by atoms with Crippen molar-refractivity contribution >= 4 is 11.9 Å². The monoisotopic (exact) mass is 349 g/mol. The molecular formula is C22H23NO3. The molecule has 0 aromatic heterocycles. The summed E-state index contributed by atoms with van der Waals surface area (Å²) in [6, 6.07) is 19.6. The molecule has 4 nitrogen and oxygen atoms in total. The van der Waals surface area contributed by atoms with E-state index in [1.807, 2.05) is 72.8 Å². The van der Waals surface area contributed by atoms with Gasteiger partial charge in [-0.25, -0.2) is 0 Å². The Kier molecular flexibility index (Phi) is 5.84. The maximum absolute atomic E-state index is 13.3. The minimum atomic E-state index is -0.896. The van der Waals surface area contributed by atoms with E-state index in [0.29, 0.717) is 25.9 Å². The number of carbonyl (C=O) groups excluding carboxylic acids is 1. The van der Waals surface area contributed by atoms with Crippen LogP contribution in [0.5, 0.6) is 0 Å². The van der Waals surface area contributed by atoms with Crippen LogP contribution in [0.25, 0.3) is 0 Å². The van der Waals surface area contributed by atoms with Gasteiger partial charge in [0.25, 0.3) is 0 Å². The number of carboxylic acids is 1. The van der Waals surface area contributed by atoms with Crippen molar-refractivity contribution < 1.29 is 14.7 Å². The second-order valence-electron chi connectivity index (χ2n) is 6.66. The van der Waals surface area contributed by atoms with Crippen LogP contribution < -0.4 is 0 Å². The summed E-state index contributed by atoms with van der Waals surface area (Å²) in [6.07, 6.45) is 4.68. The van der Waals surface area contributed by atoms with Crippen LogP contribution in [0.15, 0.2) is 72.8 Å². The summed E-state index contributed by atoms with van der Waals surface area (Å²) in [5.74, 6) is -2.15. The predicted octanol–water partition coefficient (Wildman–Crippen LogP) is 3.88.